The number of Topliss-reactive ketones (excluding diaryl/α,β-unsaturated/α-hetero) is 1. The Balaban J connectivity index is 1.71. The van der Waals surface area contributed by atoms with Crippen molar-refractivity contribution >= 4 is 23.5 Å². The standard InChI is InChI=1S/C36H58F2N6O4/c1-12-14-36(37,38)30-15-28-27(16-39-30)35(10,11)22-43(28)31(46)21-41-19-23(3)42(33(47)48-34(7,8)9)20-29(41)32(26(6)45)44-24(4)17-40(13-2)18-25(44)5/h15-16,23-25,29,32H,12-14,17-22H2,1-11H3/t23-,24-,25+,29+,32?/m1/s1. The van der Waals surface area contributed by atoms with Crippen LogP contribution in [-0.2, 0) is 25.7 Å². The lowest BCUT2D eigenvalue weighted by Gasteiger charge is -2.53. The van der Waals surface area contributed by atoms with Crippen LogP contribution in [0.15, 0.2) is 12.3 Å². The molecule has 0 saturated carbocycles. The van der Waals surface area contributed by atoms with Gasteiger partial charge in [0.1, 0.15) is 17.1 Å². The molecule has 10 nitrogen and oxygen atoms in total. The van der Waals surface area contributed by atoms with E-state index < -0.39 is 35.1 Å². The van der Waals surface area contributed by atoms with E-state index in [0.717, 1.165) is 25.2 Å². The molecule has 5 atom stereocenters. The first-order chi connectivity index (χ1) is 22.2. The number of anilines is 1. The van der Waals surface area contributed by atoms with E-state index in [1.54, 1.807) is 23.6 Å². The van der Waals surface area contributed by atoms with E-state index in [-0.39, 0.29) is 55.0 Å². The minimum absolute atomic E-state index is 0.0266. The molecule has 1 aromatic rings. The van der Waals surface area contributed by atoms with Crippen molar-refractivity contribution in [3.8, 4) is 0 Å². The van der Waals surface area contributed by atoms with Gasteiger partial charge in [0.2, 0.25) is 5.91 Å². The van der Waals surface area contributed by atoms with E-state index in [4.69, 9.17) is 4.74 Å². The van der Waals surface area contributed by atoms with Crippen LogP contribution in [0.1, 0.15) is 100 Å². The number of alkyl halides is 2. The lowest BCUT2D eigenvalue weighted by molar-refractivity contribution is -0.135. The number of ketones is 1. The van der Waals surface area contributed by atoms with Crippen LogP contribution in [0.2, 0.25) is 0 Å². The van der Waals surface area contributed by atoms with Gasteiger partial charge < -0.3 is 19.4 Å². The topological polar surface area (TPSA) is 89.5 Å². The fraction of sp³-hybridized carbons (Fsp3) is 0.778. The van der Waals surface area contributed by atoms with Crippen LogP contribution >= 0.6 is 0 Å². The number of nitrogens with zero attached hydrogens (tertiary/aromatic N) is 6. The Hall–Kier alpha value is -2.70. The lowest BCUT2D eigenvalue weighted by atomic mass is 9.88. The summed E-state index contributed by atoms with van der Waals surface area (Å²) in [6.45, 7) is 24.4. The number of piperazine rings is 2. The minimum atomic E-state index is -3.10. The van der Waals surface area contributed by atoms with Gasteiger partial charge in [0.25, 0.3) is 5.92 Å². The monoisotopic (exact) mass is 676 g/mol. The molecule has 0 radical (unpaired) electrons. The highest BCUT2D eigenvalue weighted by Gasteiger charge is 2.48. The summed E-state index contributed by atoms with van der Waals surface area (Å²) in [4.78, 5) is 55.7. The number of ether oxygens (including phenoxy) is 1. The number of rotatable bonds is 9. The molecule has 0 N–H and O–H groups in total. The predicted octanol–water partition coefficient (Wildman–Crippen LogP) is 5.28. The molecule has 48 heavy (non-hydrogen) atoms. The molecule has 3 aliphatic heterocycles. The molecular weight excluding hydrogens is 618 g/mol. The van der Waals surface area contributed by atoms with E-state index in [1.165, 1.54) is 12.3 Å². The summed E-state index contributed by atoms with van der Waals surface area (Å²) in [6.07, 6.45) is 1.02. The molecule has 2 saturated heterocycles. The van der Waals surface area contributed by atoms with E-state index in [2.05, 4.69) is 35.6 Å². The fourth-order valence-corrected chi connectivity index (χ4v) is 7.94. The molecule has 0 aliphatic carbocycles. The number of halogens is 2. The average molecular weight is 677 g/mol. The van der Waals surface area contributed by atoms with Gasteiger partial charge in [-0.1, -0.05) is 34.1 Å². The predicted molar refractivity (Wildman–Crippen MR) is 184 cm³/mol. The highest BCUT2D eigenvalue weighted by Crippen LogP contribution is 2.43. The van der Waals surface area contributed by atoms with Gasteiger partial charge >= 0.3 is 6.09 Å². The summed E-state index contributed by atoms with van der Waals surface area (Å²) in [7, 11) is 0. The maximum atomic E-state index is 15.0. The molecule has 0 spiro atoms. The second-order valence-corrected chi connectivity index (χ2v) is 15.9. The fourth-order valence-electron chi connectivity index (χ4n) is 7.94. The van der Waals surface area contributed by atoms with E-state index in [0.29, 0.717) is 25.2 Å². The number of hydrogen-bond acceptors (Lipinski definition) is 8. The van der Waals surface area contributed by atoms with Crippen molar-refractivity contribution in [3.63, 3.8) is 0 Å². The number of pyridine rings is 1. The zero-order valence-electron chi connectivity index (χ0n) is 31.0. The Kier molecular flexibility index (Phi) is 11.3. The second kappa shape index (κ2) is 14.3. The van der Waals surface area contributed by atoms with Crippen molar-refractivity contribution in [1.29, 1.82) is 0 Å². The van der Waals surface area contributed by atoms with Crippen molar-refractivity contribution in [2.24, 2.45) is 0 Å². The molecule has 3 aliphatic rings. The summed E-state index contributed by atoms with van der Waals surface area (Å²) in [5.74, 6) is -3.37. The van der Waals surface area contributed by atoms with Crippen LogP contribution in [0.4, 0.5) is 19.3 Å². The van der Waals surface area contributed by atoms with Crippen molar-refractivity contribution in [2.45, 2.75) is 136 Å². The van der Waals surface area contributed by atoms with Crippen LogP contribution in [-0.4, -0.2) is 124 Å². The van der Waals surface area contributed by atoms with Crippen molar-refractivity contribution in [2.75, 3.05) is 50.7 Å². The van der Waals surface area contributed by atoms with Gasteiger partial charge in [-0.05, 0) is 61.1 Å². The second-order valence-electron chi connectivity index (χ2n) is 15.9. The molecule has 2 fully saturated rings. The van der Waals surface area contributed by atoms with Gasteiger partial charge in [-0.15, -0.1) is 0 Å². The number of carbonyl (C=O) groups is 3. The van der Waals surface area contributed by atoms with Gasteiger partial charge in [0.05, 0.1) is 24.3 Å². The number of hydrogen-bond donors (Lipinski definition) is 0. The molecule has 4 rings (SSSR count). The molecule has 1 aromatic heterocycles. The van der Waals surface area contributed by atoms with Crippen molar-refractivity contribution in [1.82, 2.24) is 24.6 Å². The third-order valence-corrected chi connectivity index (χ3v) is 10.2. The molecular formula is C36H58F2N6O4. The summed E-state index contributed by atoms with van der Waals surface area (Å²) in [5, 5.41) is 0. The highest BCUT2D eigenvalue weighted by molar-refractivity contribution is 5.97. The Labute approximate surface area is 286 Å². The van der Waals surface area contributed by atoms with Crippen LogP contribution in [0.5, 0.6) is 0 Å². The molecule has 270 valence electrons. The summed E-state index contributed by atoms with van der Waals surface area (Å²) in [5.41, 5.74) is -0.295. The van der Waals surface area contributed by atoms with Crippen LogP contribution in [0.3, 0.4) is 0 Å². The normalized spacial score (nSPS) is 26.4. The zero-order valence-corrected chi connectivity index (χ0v) is 31.0. The lowest BCUT2D eigenvalue weighted by Crippen LogP contribution is -2.71. The number of aromatic nitrogens is 1. The summed E-state index contributed by atoms with van der Waals surface area (Å²) < 4.78 is 35.8. The molecule has 1 unspecified atom stereocenters. The van der Waals surface area contributed by atoms with Gasteiger partial charge in [-0.2, -0.15) is 8.78 Å². The Bertz CT molecular complexity index is 1340. The highest BCUT2D eigenvalue weighted by atomic mass is 19.3. The number of fused-ring (bicyclic) bond motifs is 1. The maximum absolute atomic E-state index is 15.0. The first-order valence-electron chi connectivity index (χ1n) is 17.6. The van der Waals surface area contributed by atoms with E-state index in [9.17, 15) is 14.4 Å². The Morgan fingerprint density at radius 1 is 1.02 bits per heavy atom. The van der Waals surface area contributed by atoms with Crippen LogP contribution in [0.25, 0.3) is 0 Å². The minimum Gasteiger partial charge on any atom is -0.444 e. The summed E-state index contributed by atoms with van der Waals surface area (Å²) >= 11 is 0. The third-order valence-electron chi connectivity index (χ3n) is 10.2. The quantitative estimate of drug-likeness (QED) is 0.349. The molecule has 0 bridgehead atoms. The van der Waals surface area contributed by atoms with Gasteiger partial charge in [-0.25, -0.2) is 4.79 Å². The van der Waals surface area contributed by atoms with Gasteiger partial charge in [0.15, 0.2) is 0 Å². The van der Waals surface area contributed by atoms with Gasteiger partial charge in [-0.3, -0.25) is 24.4 Å². The number of likely N-dealkylation sites (N-methyl/N-ethyl adjacent to an activating group) is 1. The van der Waals surface area contributed by atoms with Crippen LogP contribution in [0, 0.1) is 0 Å². The first kappa shape index (κ1) is 38.1. The molecule has 2 amide bonds. The SMILES string of the molecule is CCCC(F)(F)c1cc2c(cn1)C(C)(C)CN2C(=O)CN1C[C@@H](C)N(C(=O)OC(C)(C)C)C[C@H]1C(C(C)=O)N1[C@H](C)CN(CC)C[C@@H]1C. The largest absolute Gasteiger partial charge is 0.444 e. The molecule has 0 aromatic carbocycles. The zero-order chi connectivity index (χ0) is 35.9. The number of carbonyl (C=O) groups excluding carboxylic acids is 3. The molecule has 4 heterocycles. The third kappa shape index (κ3) is 8.02. The summed E-state index contributed by atoms with van der Waals surface area (Å²) in [6, 6.07) is 0.144. The van der Waals surface area contributed by atoms with Crippen molar-refractivity contribution in [3.05, 3.63) is 23.5 Å². The average Bonchev–Trinajstić information content (AvgIpc) is 3.24. The number of amides is 2. The Morgan fingerprint density at radius 2 is 1.65 bits per heavy atom. The van der Waals surface area contributed by atoms with Gasteiger partial charge in [0, 0.05) is 74.4 Å². The maximum Gasteiger partial charge on any atom is 0.410 e. The molecule has 12 heteroatoms. The van der Waals surface area contributed by atoms with E-state index in [1.807, 2.05) is 46.4 Å². The Morgan fingerprint density at radius 3 is 2.19 bits per heavy atom. The smallest absolute Gasteiger partial charge is 0.410 e. The first-order valence-corrected chi connectivity index (χ1v) is 17.6. The van der Waals surface area contributed by atoms with E-state index >= 15 is 8.78 Å². The van der Waals surface area contributed by atoms with Crippen molar-refractivity contribution < 1.29 is 27.9 Å². The van der Waals surface area contributed by atoms with Crippen LogP contribution < -0.4 is 4.90 Å².